The predicted octanol–water partition coefficient (Wildman–Crippen LogP) is 1.83. The second-order valence-corrected chi connectivity index (χ2v) is 8.03. The summed E-state index contributed by atoms with van der Waals surface area (Å²) in [6, 6.07) is 8.09. The molecule has 7 heteroatoms. The molecule has 2 heterocycles. The number of carbonyl (C=O) groups excluding carboxylic acids is 1. The van der Waals surface area contributed by atoms with Gasteiger partial charge in [-0.2, -0.15) is 0 Å². The molecule has 0 spiro atoms. The standard InChI is InChI=1S/C23H37N5O2/c1-4-24-23(25-12-11-20-9-5-6-10-21(20)30-3)28-17-15-26(16-18-28)19(2)22(29)27-13-7-8-14-27/h5-6,9-10,19H,4,7-8,11-18H2,1-3H3,(H,24,25). The normalized spacial score (nSPS) is 19.1. The molecule has 2 saturated heterocycles. The van der Waals surface area contributed by atoms with Gasteiger partial charge in [0.2, 0.25) is 5.91 Å². The van der Waals surface area contributed by atoms with Crippen molar-refractivity contribution >= 4 is 11.9 Å². The summed E-state index contributed by atoms with van der Waals surface area (Å²) in [5.41, 5.74) is 1.18. The SMILES string of the molecule is CCNC(=NCCc1ccccc1OC)N1CCN(C(C)C(=O)N2CCCC2)CC1. The van der Waals surface area contributed by atoms with Crippen LogP contribution in [0.3, 0.4) is 0 Å². The summed E-state index contributed by atoms with van der Waals surface area (Å²) >= 11 is 0. The molecule has 1 N–H and O–H groups in total. The first-order valence-electron chi connectivity index (χ1n) is 11.3. The largest absolute Gasteiger partial charge is 0.496 e. The van der Waals surface area contributed by atoms with Crippen LogP contribution in [0.5, 0.6) is 5.75 Å². The van der Waals surface area contributed by atoms with Gasteiger partial charge in [0.05, 0.1) is 13.2 Å². The Morgan fingerprint density at radius 1 is 1.10 bits per heavy atom. The molecule has 2 aliphatic rings. The van der Waals surface area contributed by atoms with E-state index < -0.39 is 0 Å². The fraction of sp³-hybridized carbons (Fsp3) is 0.652. The smallest absolute Gasteiger partial charge is 0.239 e. The minimum Gasteiger partial charge on any atom is -0.496 e. The molecule has 166 valence electrons. The van der Waals surface area contributed by atoms with E-state index in [-0.39, 0.29) is 6.04 Å². The van der Waals surface area contributed by atoms with Crippen molar-refractivity contribution in [2.75, 3.05) is 59.5 Å². The van der Waals surface area contributed by atoms with Crippen molar-refractivity contribution in [1.29, 1.82) is 0 Å². The third kappa shape index (κ3) is 5.65. The van der Waals surface area contributed by atoms with Gasteiger partial charge in [0.25, 0.3) is 0 Å². The summed E-state index contributed by atoms with van der Waals surface area (Å²) in [5, 5.41) is 3.43. The number of aliphatic imine (C=N–C) groups is 1. The quantitative estimate of drug-likeness (QED) is 0.544. The van der Waals surface area contributed by atoms with E-state index in [2.05, 4.69) is 35.0 Å². The molecule has 1 aromatic carbocycles. The van der Waals surface area contributed by atoms with E-state index in [0.29, 0.717) is 12.5 Å². The van der Waals surface area contributed by atoms with Crippen LogP contribution >= 0.6 is 0 Å². The van der Waals surface area contributed by atoms with Crippen molar-refractivity contribution in [3.05, 3.63) is 29.8 Å². The van der Waals surface area contributed by atoms with Crippen molar-refractivity contribution in [1.82, 2.24) is 20.0 Å². The highest BCUT2D eigenvalue weighted by atomic mass is 16.5. The highest BCUT2D eigenvalue weighted by Crippen LogP contribution is 2.18. The summed E-state index contributed by atoms with van der Waals surface area (Å²) in [4.78, 5) is 24.2. The van der Waals surface area contributed by atoms with Crippen LogP contribution in [-0.4, -0.2) is 92.1 Å². The molecular formula is C23H37N5O2. The lowest BCUT2D eigenvalue weighted by Crippen LogP contribution is -2.57. The zero-order valence-electron chi connectivity index (χ0n) is 18.8. The lowest BCUT2D eigenvalue weighted by Gasteiger charge is -2.39. The van der Waals surface area contributed by atoms with Gasteiger partial charge in [0, 0.05) is 52.4 Å². The molecule has 7 nitrogen and oxygen atoms in total. The highest BCUT2D eigenvalue weighted by Gasteiger charge is 2.30. The number of amides is 1. The molecule has 2 fully saturated rings. The van der Waals surface area contributed by atoms with Crippen LogP contribution < -0.4 is 10.1 Å². The second-order valence-electron chi connectivity index (χ2n) is 8.03. The van der Waals surface area contributed by atoms with Gasteiger partial charge < -0.3 is 19.9 Å². The fourth-order valence-electron chi connectivity index (χ4n) is 4.30. The van der Waals surface area contributed by atoms with Crippen LogP contribution in [0.4, 0.5) is 0 Å². The van der Waals surface area contributed by atoms with Crippen molar-refractivity contribution in [3.63, 3.8) is 0 Å². The number of hydrogen-bond acceptors (Lipinski definition) is 4. The molecular weight excluding hydrogens is 378 g/mol. The van der Waals surface area contributed by atoms with E-state index in [1.54, 1.807) is 7.11 Å². The summed E-state index contributed by atoms with van der Waals surface area (Å²) in [5.74, 6) is 2.17. The fourth-order valence-corrected chi connectivity index (χ4v) is 4.30. The number of piperazine rings is 1. The lowest BCUT2D eigenvalue weighted by molar-refractivity contribution is -0.135. The van der Waals surface area contributed by atoms with Crippen LogP contribution in [0, 0.1) is 0 Å². The third-order valence-electron chi connectivity index (χ3n) is 6.11. The molecule has 1 aromatic rings. The zero-order valence-corrected chi connectivity index (χ0v) is 18.8. The average molecular weight is 416 g/mol. The highest BCUT2D eigenvalue weighted by molar-refractivity contribution is 5.82. The summed E-state index contributed by atoms with van der Waals surface area (Å²) in [6.45, 7) is 11.1. The molecule has 2 aliphatic heterocycles. The number of para-hydroxylation sites is 1. The molecule has 0 radical (unpaired) electrons. The summed E-state index contributed by atoms with van der Waals surface area (Å²) < 4.78 is 5.45. The average Bonchev–Trinajstić information content (AvgIpc) is 3.33. The van der Waals surface area contributed by atoms with Crippen molar-refractivity contribution in [2.45, 2.75) is 39.2 Å². The van der Waals surface area contributed by atoms with Gasteiger partial charge in [-0.3, -0.25) is 14.7 Å². The van der Waals surface area contributed by atoms with Crippen molar-refractivity contribution in [3.8, 4) is 5.75 Å². The maximum absolute atomic E-state index is 12.7. The molecule has 0 aromatic heterocycles. The van der Waals surface area contributed by atoms with E-state index in [4.69, 9.17) is 9.73 Å². The molecule has 0 bridgehead atoms. The van der Waals surface area contributed by atoms with Gasteiger partial charge >= 0.3 is 0 Å². The van der Waals surface area contributed by atoms with Gasteiger partial charge in [0.1, 0.15) is 5.75 Å². The van der Waals surface area contributed by atoms with Gasteiger partial charge in [-0.1, -0.05) is 18.2 Å². The number of hydrogen-bond donors (Lipinski definition) is 1. The summed E-state index contributed by atoms with van der Waals surface area (Å²) in [7, 11) is 1.71. The van der Waals surface area contributed by atoms with Gasteiger partial charge in [-0.25, -0.2) is 0 Å². The number of nitrogens with zero attached hydrogens (tertiary/aromatic N) is 4. The first kappa shape index (κ1) is 22.4. The minimum absolute atomic E-state index is 0.0321. The number of nitrogens with one attached hydrogen (secondary N) is 1. The Morgan fingerprint density at radius 2 is 1.80 bits per heavy atom. The monoisotopic (exact) mass is 415 g/mol. The van der Waals surface area contributed by atoms with E-state index in [1.807, 2.05) is 23.1 Å². The molecule has 1 amide bonds. The van der Waals surface area contributed by atoms with Crippen LogP contribution in [0.1, 0.15) is 32.3 Å². The number of carbonyl (C=O) groups is 1. The third-order valence-corrected chi connectivity index (χ3v) is 6.11. The van der Waals surface area contributed by atoms with Crippen molar-refractivity contribution < 1.29 is 9.53 Å². The maximum atomic E-state index is 12.7. The topological polar surface area (TPSA) is 60.4 Å². The van der Waals surface area contributed by atoms with Crippen LogP contribution in [-0.2, 0) is 11.2 Å². The number of likely N-dealkylation sites (tertiary alicyclic amines) is 1. The number of rotatable bonds is 7. The second kappa shape index (κ2) is 11.2. The Hall–Kier alpha value is -2.28. The first-order chi connectivity index (χ1) is 14.6. The zero-order chi connectivity index (χ0) is 21.3. The predicted molar refractivity (Wildman–Crippen MR) is 121 cm³/mol. The number of methoxy groups -OCH3 is 1. The molecule has 0 saturated carbocycles. The molecule has 3 rings (SSSR count). The molecule has 30 heavy (non-hydrogen) atoms. The Labute approximate surface area is 181 Å². The summed E-state index contributed by atoms with van der Waals surface area (Å²) in [6.07, 6.45) is 3.13. The number of ether oxygens (including phenoxy) is 1. The van der Waals surface area contributed by atoms with Gasteiger partial charge in [-0.05, 0) is 44.7 Å². The molecule has 1 atom stereocenters. The molecule has 0 aliphatic carbocycles. The minimum atomic E-state index is -0.0321. The number of benzene rings is 1. The first-order valence-corrected chi connectivity index (χ1v) is 11.3. The maximum Gasteiger partial charge on any atom is 0.239 e. The Bertz CT molecular complexity index is 709. The van der Waals surface area contributed by atoms with E-state index >= 15 is 0 Å². The van der Waals surface area contributed by atoms with Crippen LogP contribution in [0.15, 0.2) is 29.3 Å². The van der Waals surface area contributed by atoms with E-state index in [0.717, 1.165) is 76.8 Å². The van der Waals surface area contributed by atoms with Crippen LogP contribution in [0.25, 0.3) is 0 Å². The van der Waals surface area contributed by atoms with Gasteiger partial charge in [0.15, 0.2) is 5.96 Å². The Balaban J connectivity index is 1.53. The van der Waals surface area contributed by atoms with Crippen molar-refractivity contribution in [2.24, 2.45) is 4.99 Å². The Morgan fingerprint density at radius 3 is 2.47 bits per heavy atom. The Kier molecular flexibility index (Phi) is 8.37. The molecule has 1 unspecified atom stereocenters. The number of guanidine groups is 1. The van der Waals surface area contributed by atoms with Crippen LogP contribution in [0.2, 0.25) is 0 Å². The van der Waals surface area contributed by atoms with Gasteiger partial charge in [-0.15, -0.1) is 0 Å². The van der Waals surface area contributed by atoms with E-state index in [9.17, 15) is 4.79 Å². The van der Waals surface area contributed by atoms with E-state index in [1.165, 1.54) is 5.56 Å². The lowest BCUT2D eigenvalue weighted by atomic mass is 10.1.